The average molecular weight is 518 g/mol. The fourth-order valence-corrected chi connectivity index (χ4v) is 5.90. The number of fused-ring (bicyclic) bond motifs is 2. The highest BCUT2D eigenvalue weighted by Gasteiger charge is 2.68. The summed E-state index contributed by atoms with van der Waals surface area (Å²) in [6.45, 7) is 5.31. The van der Waals surface area contributed by atoms with Gasteiger partial charge in [-0.15, -0.1) is 0 Å². The molecular formula is C29H31N3O6. The summed E-state index contributed by atoms with van der Waals surface area (Å²) in [5.74, 6) is -3.76. The zero-order chi connectivity index (χ0) is 27.4. The van der Waals surface area contributed by atoms with Crippen molar-refractivity contribution in [3.8, 4) is 11.5 Å². The summed E-state index contributed by atoms with van der Waals surface area (Å²) in [7, 11) is 1.45. The number of amides is 2. The van der Waals surface area contributed by atoms with Crippen LogP contribution in [-0.4, -0.2) is 62.1 Å². The first-order chi connectivity index (χ1) is 18.0. The average Bonchev–Trinajstić information content (AvgIpc) is 3.50. The van der Waals surface area contributed by atoms with Crippen LogP contribution in [0.4, 0.5) is 0 Å². The summed E-state index contributed by atoms with van der Waals surface area (Å²) < 4.78 is 5.18. The van der Waals surface area contributed by atoms with Crippen LogP contribution >= 0.6 is 0 Å². The highest BCUT2D eigenvalue weighted by molar-refractivity contribution is 6.10. The number of phenols is 1. The maximum Gasteiger partial charge on any atom is 0.325 e. The minimum atomic E-state index is -1.70. The molecule has 0 radical (unpaired) electrons. The molecule has 2 amide bonds. The van der Waals surface area contributed by atoms with Crippen LogP contribution in [0.2, 0.25) is 0 Å². The molecule has 2 aliphatic rings. The first-order valence-corrected chi connectivity index (χ1v) is 12.5. The number of para-hydroxylation sites is 1. The molecular weight excluding hydrogens is 486 g/mol. The Morgan fingerprint density at radius 2 is 1.89 bits per heavy atom. The van der Waals surface area contributed by atoms with Crippen molar-refractivity contribution in [2.24, 2.45) is 11.8 Å². The molecule has 2 aliphatic heterocycles. The Hall–Kier alpha value is -4.11. The standard InChI is InChI=1S/C29H31N3O6/c1-28(2,3)32-25(34)23-20(11-9-16-10-12-21(33)22(13-16)38-4)31-29(27(36)37,24(23)26(32)35)14-17-15-30-19-8-6-5-7-18(17)19/h5-13,15,20,23-24,30-31,33H,14H2,1-4H3,(H,36,37)/b11-9+. The van der Waals surface area contributed by atoms with Crippen molar-refractivity contribution in [1.29, 1.82) is 0 Å². The van der Waals surface area contributed by atoms with Crippen LogP contribution in [0, 0.1) is 11.8 Å². The fourth-order valence-electron chi connectivity index (χ4n) is 5.90. The van der Waals surface area contributed by atoms with Gasteiger partial charge in [-0.25, -0.2) is 0 Å². The smallest absolute Gasteiger partial charge is 0.325 e. The van der Waals surface area contributed by atoms with Crippen molar-refractivity contribution in [1.82, 2.24) is 15.2 Å². The van der Waals surface area contributed by atoms with Gasteiger partial charge >= 0.3 is 5.97 Å². The third-order valence-corrected chi connectivity index (χ3v) is 7.59. The van der Waals surface area contributed by atoms with E-state index >= 15 is 0 Å². The summed E-state index contributed by atoms with van der Waals surface area (Å²) in [6.07, 6.45) is 5.24. The Kier molecular flexibility index (Phi) is 6.06. The number of methoxy groups -OCH3 is 1. The maximum atomic E-state index is 13.8. The number of carbonyl (C=O) groups is 3. The number of phenolic OH excluding ortho intramolecular Hbond substituents is 1. The Morgan fingerprint density at radius 3 is 2.58 bits per heavy atom. The first-order valence-electron chi connectivity index (χ1n) is 12.5. The Labute approximate surface area is 220 Å². The number of benzene rings is 2. The third-order valence-electron chi connectivity index (χ3n) is 7.59. The molecule has 0 saturated carbocycles. The molecule has 2 saturated heterocycles. The van der Waals surface area contributed by atoms with Crippen LogP contribution in [0.5, 0.6) is 11.5 Å². The van der Waals surface area contributed by atoms with Crippen LogP contribution < -0.4 is 10.1 Å². The number of aliphatic carboxylic acids is 1. The quantitative estimate of drug-likeness (QED) is 0.369. The minimum Gasteiger partial charge on any atom is -0.504 e. The number of carboxylic acids is 1. The monoisotopic (exact) mass is 517 g/mol. The number of nitrogens with one attached hydrogen (secondary N) is 2. The zero-order valence-corrected chi connectivity index (χ0v) is 21.7. The number of hydrogen-bond donors (Lipinski definition) is 4. The van der Waals surface area contributed by atoms with E-state index in [1.807, 2.05) is 24.3 Å². The van der Waals surface area contributed by atoms with E-state index in [1.165, 1.54) is 18.1 Å². The van der Waals surface area contributed by atoms with Gasteiger partial charge in [0.2, 0.25) is 11.8 Å². The molecule has 4 N–H and O–H groups in total. The molecule has 9 heteroatoms. The Morgan fingerprint density at radius 1 is 1.16 bits per heavy atom. The van der Waals surface area contributed by atoms with Crippen LogP contribution in [0.15, 0.2) is 54.7 Å². The molecule has 198 valence electrons. The highest BCUT2D eigenvalue weighted by atomic mass is 16.5. The fraction of sp³-hybridized carbons (Fsp3) is 0.345. The van der Waals surface area contributed by atoms with E-state index in [9.17, 15) is 24.6 Å². The number of rotatable bonds is 6. The molecule has 0 bridgehead atoms. The number of imide groups is 1. The lowest BCUT2D eigenvalue weighted by atomic mass is 9.76. The molecule has 3 aromatic rings. The number of carbonyl (C=O) groups excluding carboxylic acids is 2. The maximum absolute atomic E-state index is 13.8. The third kappa shape index (κ3) is 3.94. The largest absolute Gasteiger partial charge is 0.504 e. The molecule has 2 aromatic carbocycles. The van der Waals surface area contributed by atoms with Crippen molar-refractivity contribution in [2.45, 2.75) is 44.3 Å². The lowest BCUT2D eigenvalue weighted by molar-refractivity contribution is -0.153. The van der Waals surface area contributed by atoms with Crippen LogP contribution in [0.1, 0.15) is 31.9 Å². The number of likely N-dealkylation sites (tertiary alicyclic amines) is 1. The van der Waals surface area contributed by atoms with Crippen LogP contribution in [0.3, 0.4) is 0 Å². The summed E-state index contributed by atoms with van der Waals surface area (Å²) in [5.41, 5.74) is -0.212. The minimum absolute atomic E-state index is 0.00952. The molecule has 4 unspecified atom stereocenters. The van der Waals surface area contributed by atoms with Gasteiger partial charge < -0.3 is 19.9 Å². The van der Waals surface area contributed by atoms with Crippen molar-refractivity contribution in [3.05, 3.63) is 65.9 Å². The topological polar surface area (TPSA) is 132 Å². The normalized spacial score (nSPS) is 25.5. The molecule has 4 atom stereocenters. The van der Waals surface area contributed by atoms with E-state index < -0.39 is 40.8 Å². The zero-order valence-electron chi connectivity index (χ0n) is 21.7. The second-order valence-corrected chi connectivity index (χ2v) is 11.0. The molecule has 3 heterocycles. The number of aromatic amines is 1. The molecule has 5 rings (SSSR count). The van der Waals surface area contributed by atoms with Crippen LogP contribution in [0.25, 0.3) is 17.0 Å². The van der Waals surface area contributed by atoms with Gasteiger partial charge in [0.15, 0.2) is 11.5 Å². The lowest BCUT2D eigenvalue weighted by Gasteiger charge is -2.35. The van der Waals surface area contributed by atoms with E-state index in [-0.39, 0.29) is 23.8 Å². The Balaban J connectivity index is 1.60. The summed E-state index contributed by atoms with van der Waals surface area (Å²) in [6, 6.07) is 11.7. The second kappa shape index (κ2) is 9.02. The Bertz CT molecular complexity index is 1470. The predicted molar refractivity (Wildman–Crippen MR) is 142 cm³/mol. The van der Waals surface area contributed by atoms with Gasteiger partial charge in [-0.1, -0.05) is 36.4 Å². The number of aromatic hydroxyl groups is 1. The second-order valence-electron chi connectivity index (χ2n) is 11.0. The summed E-state index contributed by atoms with van der Waals surface area (Å²) >= 11 is 0. The number of ether oxygens (including phenoxy) is 1. The van der Waals surface area contributed by atoms with Crippen molar-refractivity contribution in [3.63, 3.8) is 0 Å². The van der Waals surface area contributed by atoms with Gasteiger partial charge in [-0.2, -0.15) is 0 Å². The van der Waals surface area contributed by atoms with Gasteiger partial charge in [0, 0.05) is 35.1 Å². The number of aromatic nitrogens is 1. The van der Waals surface area contributed by atoms with E-state index in [0.717, 1.165) is 16.5 Å². The molecule has 1 aromatic heterocycles. The summed E-state index contributed by atoms with van der Waals surface area (Å²) in [5, 5.41) is 24.6. The van der Waals surface area contributed by atoms with Crippen molar-refractivity contribution >= 4 is 34.8 Å². The lowest BCUT2D eigenvalue weighted by Crippen LogP contribution is -2.59. The highest BCUT2D eigenvalue weighted by Crippen LogP contribution is 2.47. The summed E-state index contributed by atoms with van der Waals surface area (Å²) in [4.78, 5) is 45.0. The van der Waals surface area contributed by atoms with E-state index in [4.69, 9.17) is 4.74 Å². The van der Waals surface area contributed by atoms with Gasteiger partial charge in [0.1, 0.15) is 5.54 Å². The van der Waals surface area contributed by atoms with Crippen LogP contribution in [-0.2, 0) is 20.8 Å². The van der Waals surface area contributed by atoms with E-state index in [2.05, 4.69) is 10.3 Å². The van der Waals surface area contributed by atoms with Crippen molar-refractivity contribution < 1.29 is 29.3 Å². The number of H-pyrrole nitrogens is 1. The van der Waals surface area contributed by atoms with Gasteiger partial charge in [0.05, 0.1) is 18.9 Å². The molecule has 2 fully saturated rings. The van der Waals surface area contributed by atoms with E-state index in [0.29, 0.717) is 5.56 Å². The van der Waals surface area contributed by atoms with Gasteiger partial charge in [-0.05, 0) is 50.1 Å². The molecule has 9 nitrogen and oxygen atoms in total. The van der Waals surface area contributed by atoms with Crippen molar-refractivity contribution in [2.75, 3.05) is 7.11 Å². The predicted octanol–water partition coefficient (Wildman–Crippen LogP) is 3.33. The van der Waals surface area contributed by atoms with Gasteiger partial charge in [-0.3, -0.25) is 24.6 Å². The van der Waals surface area contributed by atoms with Gasteiger partial charge in [0.25, 0.3) is 0 Å². The number of hydrogen-bond acceptors (Lipinski definition) is 6. The SMILES string of the molecule is COc1cc(/C=C/C2NC(Cc3c[nH]c4ccccc34)(C(=O)O)C3C(=O)N(C(C)(C)C)C(=O)C23)ccc1O. The molecule has 0 spiro atoms. The number of carboxylic acid groups (broad SMARTS) is 1. The van der Waals surface area contributed by atoms with E-state index in [1.54, 1.807) is 51.3 Å². The molecule has 38 heavy (non-hydrogen) atoms. The number of nitrogens with zero attached hydrogens (tertiary/aromatic N) is 1. The molecule has 0 aliphatic carbocycles. The first kappa shape index (κ1) is 25.5.